The standard InChI is InChI=1S/C21H26N2O3/c1-4-6-15-7-9-16(10-8-15)21(24)26-19-12-11-18(25-13-5-2)17(14-22)20(19)23-3/h11-12,15-16H,4-10,13H2,1-2H3. The first-order valence-corrected chi connectivity index (χ1v) is 9.43. The Morgan fingerprint density at radius 1 is 1.23 bits per heavy atom. The molecule has 2 rings (SSSR count). The van der Waals surface area contributed by atoms with Crippen LogP contribution in [-0.4, -0.2) is 12.6 Å². The molecule has 5 nitrogen and oxygen atoms in total. The fourth-order valence-corrected chi connectivity index (χ4v) is 3.47. The highest BCUT2D eigenvalue weighted by molar-refractivity contribution is 5.80. The molecule has 0 spiro atoms. The molecule has 138 valence electrons. The van der Waals surface area contributed by atoms with Crippen molar-refractivity contribution in [3.05, 3.63) is 29.1 Å². The van der Waals surface area contributed by atoms with Gasteiger partial charge in [-0.2, -0.15) is 5.26 Å². The lowest BCUT2D eigenvalue weighted by molar-refractivity contribution is -0.140. The molecular formula is C21H26N2O3. The number of esters is 1. The molecule has 1 aromatic rings. The Morgan fingerprint density at radius 2 is 1.92 bits per heavy atom. The number of hydrogen-bond donors (Lipinski definition) is 0. The van der Waals surface area contributed by atoms with Crippen molar-refractivity contribution in [2.75, 3.05) is 6.61 Å². The second kappa shape index (κ2) is 9.82. The average Bonchev–Trinajstić information content (AvgIpc) is 2.67. The number of nitrogens with zero attached hydrogens (tertiary/aromatic N) is 2. The molecule has 1 aromatic carbocycles. The third-order valence-corrected chi connectivity index (χ3v) is 4.88. The minimum absolute atomic E-state index is 0.0501. The van der Waals surface area contributed by atoms with Crippen LogP contribution in [0.4, 0.5) is 5.69 Å². The van der Waals surface area contributed by atoms with Gasteiger partial charge in [-0.25, -0.2) is 4.85 Å². The van der Waals surface area contributed by atoms with E-state index in [1.54, 1.807) is 12.1 Å². The maximum absolute atomic E-state index is 12.5. The fraction of sp³-hybridized carbons (Fsp3) is 0.571. The van der Waals surface area contributed by atoms with Gasteiger partial charge in [0.15, 0.2) is 0 Å². The Morgan fingerprint density at radius 3 is 2.50 bits per heavy atom. The second-order valence-corrected chi connectivity index (χ2v) is 6.78. The first-order chi connectivity index (χ1) is 12.6. The Labute approximate surface area is 155 Å². The van der Waals surface area contributed by atoms with Crippen LogP contribution in [0.5, 0.6) is 11.5 Å². The van der Waals surface area contributed by atoms with Crippen LogP contribution < -0.4 is 9.47 Å². The Bertz CT molecular complexity index is 707. The Balaban J connectivity index is 2.11. The van der Waals surface area contributed by atoms with Gasteiger partial charge in [-0.3, -0.25) is 4.79 Å². The topological polar surface area (TPSA) is 63.7 Å². The monoisotopic (exact) mass is 354 g/mol. The number of benzene rings is 1. The number of rotatable bonds is 7. The quantitative estimate of drug-likeness (QED) is 0.373. The van der Waals surface area contributed by atoms with Gasteiger partial charge in [0.25, 0.3) is 0 Å². The molecule has 0 unspecified atom stereocenters. The molecule has 0 radical (unpaired) electrons. The lowest BCUT2D eigenvalue weighted by Gasteiger charge is -2.27. The molecule has 0 aromatic heterocycles. The van der Waals surface area contributed by atoms with Gasteiger partial charge >= 0.3 is 5.97 Å². The molecule has 0 heterocycles. The lowest BCUT2D eigenvalue weighted by atomic mass is 9.80. The van der Waals surface area contributed by atoms with Crippen molar-refractivity contribution in [2.24, 2.45) is 11.8 Å². The van der Waals surface area contributed by atoms with Crippen LogP contribution in [0.15, 0.2) is 12.1 Å². The van der Waals surface area contributed by atoms with E-state index in [0.29, 0.717) is 18.3 Å². The second-order valence-electron chi connectivity index (χ2n) is 6.78. The van der Waals surface area contributed by atoms with Crippen molar-refractivity contribution in [2.45, 2.75) is 58.8 Å². The van der Waals surface area contributed by atoms with Crippen LogP contribution in [0.2, 0.25) is 0 Å². The summed E-state index contributed by atoms with van der Waals surface area (Å²) >= 11 is 0. The van der Waals surface area contributed by atoms with E-state index in [0.717, 1.165) is 32.1 Å². The molecule has 1 aliphatic carbocycles. The number of nitriles is 1. The van der Waals surface area contributed by atoms with E-state index in [-0.39, 0.29) is 28.9 Å². The van der Waals surface area contributed by atoms with Gasteiger partial charge in [0, 0.05) is 0 Å². The van der Waals surface area contributed by atoms with Crippen molar-refractivity contribution in [3.63, 3.8) is 0 Å². The summed E-state index contributed by atoms with van der Waals surface area (Å²) in [4.78, 5) is 15.9. The molecule has 0 saturated heterocycles. The van der Waals surface area contributed by atoms with Gasteiger partial charge in [-0.1, -0.05) is 26.7 Å². The summed E-state index contributed by atoms with van der Waals surface area (Å²) in [6, 6.07) is 5.16. The molecule has 1 saturated carbocycles. The number of carbonyl (C=O) groups excluding carboxylic acids is 1. The summed E-state index contributed by atoms with van der Waals surface area (Å²) in [5.74, 6) is 0.809. The maximum atomic E-state index is 12.5. The fourth-order valence-electron chi connectivity index (χ4n) is 3.47. The van der Waals surface area contributed by atoms with Crippen LogP contribution >= 0.6 is 0 Å². The normalized spacial score (nSPS) is 19.2. The van der Waals surface area contributed by atoms with Crippen molar-refractivity contribution < 1.29 is 14.3 Å². The highest BCUT2D eigenvalue weighted by Gasteiger charge is 2.28. The van der Waals surface area contributed by atoms with Crippen LogP contribution in [0, 0.1) is 29.7 Å². The Kier molecular flexibility index (Phi) is 7.48. The van der Waals surface area contributed by atoms with E-state index in [4.69, 9.17) is 16.0 Å². The molecule has 1 fully saturated rings. The third kappa shape index (κ3) is 4.76. The minimum atomic E-state index is -0.295. The molecule has 0 amide bonds. The largest absolute Gasteiger partial charge is 0.494 e. The first-order valence-electron chi connectivity index (χ1n) is 9.43. The molecule has 1 aliphatic rings. The zero-order valence-electron chi connectivity index (χ0n) is 15.6. The molecule has 5 heteroatoms. The lowest BCUT2D eigenvalue weighted by Crippen LogP contribution is -2.25. The van der Waals surface area contributed by atoms with Gasteiger partial charge in [0.2, 0.25) is 5.69 Å². The van der Waals surface area contributed by atoms with Gasteiger partial charge in [-0.15, -0.1) is 0 Å². The minimum Gasteiger partial charge on any atom is -0.494 e. The number of hydrogen-bond acceptors (Lipinski definition) is 4. The van der Waals surface area contributed by atoms with E-state index in [1.807, 2.05) is 13.0 Å². The van der Waals surface area contributed by atoms with Crippen LogP contribution in [0.1, 0.15) is 64.4 Å². The summed E-state index contributed by atoms with van der Waals surface area (Å²) in [6.45, 7) is 12.0. The molecular weight excluding hydrogens is 328 g/mol. The van der Waals surface area contributed by atoms with Crippen molar-refractivity contribution in [1.82, 2.24) is 0 Å². The molecule has 0 atom stereocenters. The highest BCUT2D eigenvalue weighted by Crippen LogP contribution is 2.39. The van der Waals surface area contributed by atoms with Gasteiger partial charge < -0.3 is 9.47 Å². The highest BCUT2D eigenvalue weighted by atomic mass is 16.5. The van der Waals surface area contributed by atoms with Crippen molar-refractivity contribution in [1.29, 1.82) is 5.26 Å². The smallest absolute Gasteiger partial charge is 0.313 e. The molecule has 0 aliphatic heterocycles. The zero-order valence-corrected chi connectivity index (χ0v) is 15.6. The zero-order chi connectivity index (χ0) is 18.9. The summed E-state index contributed by atoms with van der Waals surface area (Å²) < 4.78 is 11.0. The van der Waals surface area contributed by atoms with Gasteiger partial charge in [-0.05, 0) is 50.2 Å². The number of carbonyl (C=O) groups is 1. The van der Waals surface area contributed by atoms with Gasteiger partial charge in [0.1, 0.15) is 17.1 Å². The summed E-state index contributed by atoms with van der Waals surface area (Å²) in [6.07, 6.45) is 6.97. The average molecular weight is 354 g/mol. The molecule has 26 heavy (non-hydrogen) atoms. The number of ether oxygens (including phenoxy) is 2. The summed E-state index contributed by atoms with van der Waals surface area (Å²) in [7, 11) is 0. The first kappa shape index (κ1) is 19.8. The van der Waals surface area contributed by atoms with E-state index < -0.39 is 0 Å². The summed E-state index contributed by atoms with van der Waals surface area (Å²) in [5, 5.41) is 9.40. The Hall–Kier alpha value is -2.53. The van der Waals surface area contributed by atoms with E-state index >= 15 is 0 Å². The molecule has 0 bridgehead atoms. The molecule has 0 N–H and O–H groups in total. The van der Waals surface area contributed by atoms with Gasteiger partial charge in [0.05, 0.1) is 25.2 Å². The summed E-state index contributed by atoms with van der Waals surface area (Å²) in [5.41, 5.74) is 0.180. The van der Waals surface area contributed by atoms with Crippen molar-refractivity contribution >= 4 is 11.7 Å². The van der Waals surface area contributed by atoms with Crippen LogP contribution in [0.25, 0.3) is 4.85 Å². The van der Waals surface area contributed by atoms with E-state index in [9.17, 15) is 10.1 Å². The predicted molar refractivity (Wildman–Crippen MR) is 99.2 cm³/mol. The third-order valence-electron chi connectivity index (χ3n) is 4.88. The van der Waals surface area contributed by atoms with E-state index in [2.05, 4.69) is 11.8 Å². The maximum Gasteiger partial charge on any atom is 0.313 e. The SMILES string of the molecule is [C-]#[N+]c1c(OC(=O)C2CCC(CCC)CC2)ccc(OCCC)c1C#N. The van der Waals surface area contributed by atoms with E-state index in [1.165, 1.54) is 12.8 Å². The van der Waals surface area contributed by atoms with Crippen molar-refractivity contribution in [3.8, 4) is 17.6 Å². The van der Waals surface area contributed by atoms with Crippen LogP contribution in [-0.2, 0) is 4.79 Å². The van der Waals surface area contributed by atoms with Crippen LogP contribution in [0.3, 0.4) is 0 Å². The predicted octanol–water partition coefficient (Wildman–Crippen LogP) is 5.41.